The Morgan fingerprint density at radius 3 is 2.92 bits per heavy atom. The molecule has 0 fully saturated rings. The standard InChI is InChI=1S/C9H4FNS2/c10-7-2-1-5-8(12)4-13-9(5)6(7)3-11/h1-2,4,12H. The van der Waals surface area contributed by atoms with Crippen molar-refractivity contribution >= 4 is 34.1 Å². The molecule has 0 saturated carbocycles. The quantitative estimate of drug-likeness (QED) is 0.662. The van der Waals surface area contributed by atoms with Gasteiger partial charge in [-0.15, -0.1) is 24.0 Å². The molecule has 2 rings (SSSR count). The smallest absolute Gasteiger partial charge is 0.142 e. The maximum atomic E-state index is 13.1. The van der Waals surface area contributed by atoms with Gasteiger partial charge in [0.05, 0.1) is 4.70 Å². The first-order valence-electron chi connectivity index (χ1n) is 3.53. The van der Waals surface area contributed by atoms with Crippen LogP contribution in [0.15, 0.2) is 22.4 Å². The molecule has 0 radical (unpaired) electrons. The maximum Gasteiger partial charge on any atom is 0.142 e. The lowest BCUT2D eigenvalue weighted by atomic mass is 10.2. The second kappa shape index (κ2) is 3.02. The summed E-state index contributed by atoms with van der Waals surface area (Å²) in [5.74, 6) is -0.467. The molecule has 1 aromatic heterocycles. The summed E-state index contributed by atoms with van der Waals surface area (Å²) in [7, 11) is 0. The molecule has 0 unspecified atom stereocenters. The minimum atomic E-state index is -0.467. The predicted molar refractivity (Wildman–Crippen MR) is 53.8 cm³/mol. The molecule has 64 valence electrons. The molecule has 0 amide bonds. The van der Waals surface area contributed by atoms with Gasteiger partial charge in [-0.25, -0.2) is 4.39 Å². The lowest BCUT2D eigenvalue weighted by Crippen LogP contribution is -1.82. The van der Waals surface area contributed by atoms with E-state index in [0.29, 0.717) is 4.70 Å². The number of nitriles is 1. The van der Waals surface area contributed by atoms with Crippen molar-refractivity contribution in [1.82, 2.24) is 0 Å². The number of halogens is 1. The second-order valence-corrected chi connectivity index (χ2v) is 3.89. The van der Waals surface area contributed by atoms with Gasteiger partial charge >= 0.3 is 0 Å². The third-order valence-corrected chi connectivity index (χ3v) is 3.34. The van der Waals surface area contributed by atoms with Crippen LogP contribution in [0, 0.1) is 17.1 Å². The van der Waals surface area contributed by atoms with Crippen molar-refractivity contribution in [2.45, 2.75) is 4.90 Å². The van der Waals surface area contributed by atoms with Crippen LogP contribution in [0.5, 0.6) is 0 Å². The molecule has 0 aliphatic heterocycles. The van der Waals surface area contributed by atoms with E-state index in [-0.39, 0.29) is 5.56 Å². The zero-order valence-electron chi connectivity index (χ0n) is 6.41. The lowest BCUT2D eigenvalue weighted by molar-refractivity contribution is 0.626. The van der Waals surface area contributed by atoms with E-state index in [0.717, 1.165) is 10.3 Å². The number of thiol groups is 1. The van der Waals surface area contributed by atoms with Crippen molar-refractivity contribution in [1.29, 1.82) is 5.26 Å². The monoisotopic (exact) mass is 209 g/mol. The first kappa shape index (κ1) is 8.54. The topological polar surface area (TPSA) is 23.8 Å². The van der Waals surface area contributed by atoms with Gasteiger partial charge in [-0.3, -0.25) is 0 Å². The van der Waals surface area contributed by atoms with Crippen molar-refractivity contribution in [3.05, 3.63) is 28.9 Å². The van der Waals surface area contributed by atoms with E-state index in [1.165, 1.54) is 17.4 Å². The third kappa shape index (κ3) is 1.21. The molecule has 0 N–H and O–H groups in total. The first-order chi connectivity index (χ1) is 6.24. The number of thiophene rings is 1. The fraction of sp³-hybridized carbons (Fsp3) is 0. The van der Waals surface area contributed by atoms with Crippen molar-refractivity contribution in [3.63, 3.8) is 0 Å². The Morgan fingerprint density at radius 1 is 1.46 bits per heavy atom. The number of fused-ring (bicyclic) bond motifs is 1. The fourth-order valence-electron chi connectivity index (χ4n) is 1.17. The van der Waals surface area contributed by atoms with Gasteiger partial charge in [-0.05, 0) is 12.1 Å². The highest BCUT2D eigenvalue weighted by Crippen LogP contribution is 2.32. The molecule has 0 aliphatic rings. The lowest BCUT2D eigenvalue weighted by Gasteiger charge is -1.94. The van der Waals surface area contributed by atoms with E-state index in [9.17, 15) is 4.39 Å². The molecule has 1 aromatic carbocycles. The SMILES string of the molecule is N#Cc1c(F)ccc2c(S)csc12. The summed E-state index contributed by atoms with van der Waals surface area (Å²) >= 11 is 5.54. The number of nitrogens with zero attached hydrogens (tertiary/aromatic N) is 1. The average Bonchev–Trinajstić information content (AvgIpc) is 2.48. The van der Waals surface area contributed by atoms with Crippen LogP contribution in [0.1, 0.15) is 5.56 Å². The number of hydrogen-bond donors (Lipinski definition) is 1. The summed E-state index contributed by atoms with van der Waals surface area (Å²) in [5, 5.41) is 11.4. The molecule has 0 atom stereocenters. The van der Waals surface area contributed by atoms with Gasteiger partial charge in [-0.1, -0.05) is 0 Å². The molecular formula is C9H4FNS2. The second-order valence-electron chi connectivity index (χ2n) is 2.53. The fourth-order valence-corrected chi connectivity index (χ4v) is 2.51. The number of hydrogen-bond acceptors (Lipinski definition) is 3. The first-order valence-corrected chi connectivity index (χ1v) is 4.85. The van der Waals surface area contributed by atoms with Crippen LogP contribution in [0.3, 0.4) is 0 Å². The molecule has 1 heterocycles. The Morgan fingerprint density at radius 2 is 2.23 bits per heavy atom. The number of benzene rings is 1. The van der Waals surface area contributed by atoms with E-state index in [1.807, 2.05) is 6.07 Å². The minimum absolute atomic E-state index is 0.114. The Hall–Kier alpha value is -1.05. The van der Waals surface area contributed by atoms with Crippen LogP contribution in [0.2, 0.25) is 0 Å². The summed E-state index contributed by atoms with van der Waals surface area (Å²) < 4.78 is 13.8. The number of rotatable bonds is 0. The normalized spacial score (nSPS) is 10.2. The van der Waals surface area contributed by atoms with E-state index >= 15 is 0 Å². The van der Waals surface area contributed by atoms with Crippen LogP contribution in [-0.2, 0) is 0 Å². The highest BCUT2D eigenvalue weighted by atomic mass is 32.1. The highest BCUT2D eigenvalue weighted by molar-refractivity contribution is 7.80. The maximum absolute atomic E-state index is 13.1. The van der Waals surface area contributed by atoms with Crippen molar-refractivity contribution in [2.75, 3.05) is 0 Å². The van der Waals surface area contributed by atoms with Crippen molar-refractivity contribution in [2.24, 2.45) is 0 Å². The van der Waals surface area contributed by atoms with E-state index in [2.05, 4.69) is 12.6 Å². The van der Waals surface area contributed by atoms with Crippen molar-refractivity contribution in [3.8, 4) is 6.07 Å². The average molecular weight is 209 g/mol. The largest absolute Gasteiger partial charge is 0.205 e. The molecule has 13 heavy (non-hydrogen) atoms. The van der Waals surface area contributed by atoms with Crippen molar-refractivity contribution < 1.29 is 4.39 Å². The summed E-state index contributed by atoms with van der Waals surface area (Å²) in [6.07, 6.45) is 0. The molecule has 0 aliphatic carbocycles. The molecular weight excluding hydrogens is 205 g/mol. The Bertz CT molecular complexity index is 510. The van der Waals surface area contributed by atoms with Gasteiger partial charge in [-0.2, -0.15) is 5.26 Å². The zero-order chi connectivity index (χ0) is 9.42. The summed E-state index contributed by atoms with van der Waals surface area (Å²) in [5.41, 5.74) is 0.114. The summed E-state index contributed by atoms with van der Waals surface area (Å²) in [6, 6.07) is 4.80. The zero-order valence-corrected chi connectivity index (χ0v) is 8.12. The van der Waals surface area contributed by atoms with Gasteiger partial charge in [0.1, 0.15) is 17.4 Å². The highest BCUT2D eigenvalue weighted by Gasteiger charge is 2.09. The van der Waals surface area contributed by atoms with Crippen LogP contribution < -0.4 is 0 Å². The Kier molecular flexibility index (Phi) is 1.98. The van der Waals surface area contributed by atoms with E-state index < -0.39 is 5.82 Å². The van der Waals surface area contributed by atoms with Crippen LogP contribution in [0.25, 0.3) is 10.1 Å². The molecule has 0 saturated heterocycles. The molecule has 0 spiro atoms. The van der Waals surface area contributed by atoms with Gasteiger partial charge in [0.25, 0.3) is 0 Å². The van der Waals surface area contributed by atoms with E-state index in [1.54, 1.807) is 11.4 Å². The molecule has 4 heteroatoms. The van der Waals surface area contributed by atoms with Gasteiger partial charge in [0.2, 0.25) is 0 Å². The summed E-state index contributed by atoms with van der Waals surface area (Å²) in [4.78, 5) is 0.788. The minimum Gasteiger partial charge on any atom is -0.205 e. The third-order valence-electron chi connectivity index (χ3n) is 1.78. The Labute approximate surface area is 83.8 Å². The molecule has 2 aromatic rings. The van der Waals surface area contributed by atoms with Gasteiger partial charge in [0.15, 0.2) is 0 Å². The van der Waals surface area contributed by atoms with Crippen LogP contribution in [0.4, 0.5) is 4.39 Å². The molecule has 0 bridgehead atoms. The predicted octanol–water partition coefficient (Wildman–Crippen LogP) is 3.20. The molecule has 1 nitrogen and oxygen atoms in total. The summed E-state index contributed by atoms with van der Waals surface area (Å²) in [6.45, 7) is 0. The van der Waals surface area contributed by atoms with E-state index in [4.69, 9.17) is 5.26 Å². The van der Waals surface area contributed by atoms with Gasteiger partial charge in [0, 0.05) is 15.7 Å². The van der Waals surface area contributed by atoms with Crippen LogP contribution >= 0.6 is 24.0 Å². The van der Waals surface area contributed by atoms with Crippen LogP contribution in [-0.4, -0.2) is 0 Å². The van der Waals surface area contributed by atoms with Gasteiger partial charge < -0.3 is 0 Å². The Balaban J connectivity index is 2.95.